The highest BCUT2D eigenvalue weighted by molar-refractivity contribution is 5.91. The smallest absolute Gasteiger partial charge is 0.341 e. The maximum Gasteiger partial charge on any atom is 0.341 e. The van der Waals surface area contributed by atoms with Crippen LogP contribution in [0.25, 0.3) is 22.4 Å². The largest absolute Gasteiger partial charge is 0.462 e. The van der Waals surface area contributed by atoms with Crippen molar-refractivity contribution in [2.24, 2.45) is 12.5 Å². The van der Waals surface area contributed by atoms with E-state index in [1.807, 2.05) is 0 Å². The Morgan fingerprint density at radius 1 is 1.21 bits per heavy atom. The van der Waals surface area contributed by atoms with Gasteiger partial charge in [0.15, 0.2) is 5.65 Å². The Balaban J connectivity index is 2.14. The highest BCUT2D eigenvalue weighted by atomic mass is 19.1. The average molecular weight is 385 g/mol. The summed E-state index contributed by atoms with van der Waals surface area (Å²) in [5.74, 6) is -1.40. The van der Waals surface area contributed by atoms with Crippen LogP contribution in [-0.2, 0) is 18.3 Å². The van der Waals surface area contributed by atoms with Crippen molar-refractivity contribution in [2.75, 3.05) is 6.61 Å². The molecule has 0 spiro atoms. The molecule has 0 unspecified atom stereocenters. The van der Waals surface area contributed by atoms with E-state index in [1.54, 1.807) is 42.8 Å². The number of aromatic nitrogens is 3. The van der Waals surface area contributed by atoms with Gasteiger partial charge in [-0.1, -0.05) is 26.8 Å². The maximum absolute atomic E-state index is 14.9. The summed E-state index contributed by atoms with van der Waals surface area (Å²) >= 11 is 0. The third-order valence-electron chi connectivity index (χ3n) is 4.38. The molecule has 1 aromatic carbocycles. The number of hydrogen-bond acceptors (Lipinski definition) is 4. The number of esters is 1. The number of hydrogen-bond donors (Lipinski definition) is 0. The molecule has 2 aromatic heterocycles. The molecule has 6 nitrogen and oxygen atoms in total. The lowest BCUT2D eigenvalue weighted by atomic mass is 9.97. The second-order valence-corrected chi connectivity index (χ2v) is 7.92. The van der Waals surface area contributed by atoms with Crippen LogP contribution in [0.2, 0.25) is 0 Å². The lowest BCUT2D eigenvalue weighted by Crippen LogP contribution is -2.27. The van der Waals surface area contributed by atoms with Crippen molar-refractivity contribution >= 4 is 17.1 Å². The van der Waals surface area contributed by atoms with Crippen LogP contribution in [0.1, 0.15) is 38.1 Å². The van der Waals surface area contributed by atoms with Gasteiger partial charge in [-0.2, -0.15) is 0 Å². The Morgan fingerprint density at radius 3 is 2.57 bits per heavy atom. The van der Waals surface area contributed by atoms with Crippen molar-refractivity contribution in [2.45, 2.75) is 34.2 Å². The molecule has 0 N–H and O–H groups in total. The molecular weight excluding hydrogens is 361 g/mol. The maximum atomic E-state index is 14.9. The molecule has 0 aliphatic carbocycles. The fourth-order valence-electron chi connectivity index (χ4n) is 3.15. The van der Waals surface area contributed by atoms with Gasteiger partial charge in [0, 0.05) is 19.2 Å². The first-order valence-electron chi connectivity index (χ1n) is 9.16. The van der Waals surface area contributed by atoms with Crippen molar-refractivity contribution in [3.63, 3.8) is 0 Å². The van der Waals surface area contributed by atoms with E-state index in [1.165, 1.54) is 10.6 Å². The SMILES string of the molecule is CCOC(=O)c1cccc(-c2ccc3c(n2)n(C)c(=O)n3CC(C)(C)C)c1F. The second kappa shape index (κ2) is 7.22. The van der Waals surface area contributed by atoms with Gasteiger partial charge in [0.05, 0.1) is 23.4 Å². The molecule has 0 radical (unpaired) electrons. The van der Waals surface area contributed by atoms with Gasteiger partial charge in [-0.3, -0.25) is 9.13 Å². The van der Waals surface area contributed by atoms with Crippen LogP contribution in [0.15, 0.2) is 35.1 Å². The normalized spacial score (nSPS) is 11.8. The van der Waals surface area contributed by atoms with Crippen LogP contribution in [0.4, 0.5) is 4.39 Å². The van der Waals surface area contributed by atoms with Crippen molar-refractivity contribution in [3.05, 3.63) is 52.2 Å². The topological polar surface area (TPSA) is 66.1 Å². The Hall–Kier alpha value is -2.96. The first kappa shape index (κ1) is 19.8. The third-order valence-corrected chi connectivity index (χ3v) is 4.38. The Bertz CT molecular complexity index is 1110. The van der Waals surface area contributed by atoms with Crippen molar-refractivity contribution in [3.8, 4) is 11.3 Å². The molecule has 0 atom stereocenters. The summed E-state index contributed by atoms with van der Waals surface area (Å²) in [4.78, 5) is 29.1. The first-order chi connectivity index (χ1) is 13.1. The van der Waals surface area contributed by atoms with Gasteiger partial charge in [-0.05, 0) is 36.6 Å². The summed E-state index contributed by atoms with van der Waals surface area (Å²) in [7, 11) is 1.64. The Labute approximate surface area is 162 Å². The van der Waals surface area contributed by atoms with Gasteiger partial charge in [0.1, 0.15) is 5.82 Å². The van der Waals surface area contributed by atoms with Gasteiger partial charge in [0.2, 0.25) is 0 Å². The molecule has 0 bridgehead atoms. The fraction of sp³-hybridized carbons (Fsp3) is 0.381. The summed E-state index contributed by atoms with van der Waals surface area (Å²) in [6.45, 7) is 8.52. The molecule has 2 heterocycles. The van der Waals surface area contributed by atoms with Gasteiger partial charge >= 0.3 is 11.7 Å². The molecule has 148 valence electrons. The number of ether oxygens (including phenoxy) is 1. The number of imidazole rings is 1. The Morgan fingerprint density at radius 2 is 1.93 bits per heavy atom. The van der Waals surface area contributed by atoms with E-state index in [0.717, 1.165) is 0 Å². The standard InChI is InChI=1S/C21H24FN3O3/c1-6-28-19(26)14-9-7-8-13(17(14)22)15-10-11-16-18(23-15)24(5)20(27)25(16)12-21(2,3)4/h7-11H,6,12H2,1-5H3. The first-order valence-corrected chi connectivity index (χ1v) is 9.16. The molecule has 0 amide bonds. The molecule has 28 heavy (non-hydrogen) atoms. The highest BCUT2D eigenvalue weighted by Gasteiger charge is 2.21. The summed E-state index contributed by atoms with van der Waals surface area (Å²) in [5, 5.41) is 0. The van der Waals surface area contributed by atoms with Gasteiger partial charge in [-0.25, -0.2) is 19.0 Å². The number of halogens is 1. The minimum Gasteiger partial charge on any atom is -0.462 e. The van der Waals surface area contributed by atoms with Crippen molar-refractivity contribution < 1.29 is 13.9 Å². The van der Waals surface area contributed by atoms with E-state index in [4.69, 9.17) is 4.74 Å². The molecular formula is C21H24FN3O3. The number of aryl methyl sites for hydroxylation is 1. The van der Waals surface area contributed by atoms with Crippen molar-refractivity contribution in [1.29, 1.82) is 0 Å². The van der Waals surface area contributed by atoms with Gasteiger partial charge in [-0.15, -0.1) is 0 Å². The zero-order valence-electron chi connectivity index (χ0n) is 16.7. The summed E-state index contributed by atoms with van der Waals surface area (Å²) in [6.07, 6.45) is 0. The van der Waals surface area contributed by atoms with Gasteiger partial charge in [0.25, 0.3) is 0 Å². The van der Waals surface area contributed by atoms with Gasteiger partial charge < -0.3 is 4.74 Å². The number of rotatable bonds is 4. The van der Waals surface area contributed by atoms with Crippen LogP contribution in [0.3, 0.4) is 0 Å². The van der Waals surface area contributed by atoms with E-state index in [-0.39, 0.29) is 28.8 Å². The molecule has 0 aliphatic rings. The van der Waals surface area contributed by atoms with Crippen LogP contribution < -0.4 is 5.69 Å². The van der Waals surface area contributed by atoms with E-state index in [0.29, 0.717) is 23.4 Å². The van der Waals surface area contributed by atoms with E-state index in [9.17, 15) is 14.0 Å². The van der Waals surface area contributed by atoms with E-state index >= 15 is 0 Å². The zero-order chi connectivity index (χ0) is 20.6. The van der Waals surface area contributed by atoms with Crippen LogP contribution in [0, 0.1) is 11.2 Å². The quantitative estimate of drug-likeness (QED) is 0.642. The van der Waals surface area contributed by atoms with Crippen molar-refractivity contribution in [1.82, 2.24) is 14.1 Å². The fourth-order valence-corrected chi connectivity index (χ4v) is 3.15. The lowest BCUT2D eigenvalue weighted by molar-refractivity contribution is 0.0521. The monoisotopic (exact) mass is 385 g/mol. The predicted octanol–water partition coefficient (Wildman–Crippen LogP) is 3.76. The number of pyridine rings is 1. The zero-order valence-corrected chi connectivity index (χ0v) is 16.7. The highest BCUT2D eigenvalue weighted by Crippen LogP contribution is 2.26. The Kier molecular flexibility index (Phi) is 5.10. The number of fused-ring (bicyclic) bond motifs is 1. The van der Waals surface area contributed by atoms with Crippen LogP contribution in [0.5, 0.6) is 0 Å². The average Bonchev–Trinajstić information content (AvgIpc) is 2.85. The summed E-state index contributed by atoms with van der Waals surface area (Å²) < 4.78 is 23.0. The third kappa shape index (κ3) is 3.56. The minimum absolute atomic E-state index is 0.0864. The molecule has 0 saturated carbocycles. The molecule has 3 rings (SSSR count). The van der Waals surface area contributed by atoms with E-state index in [2.05, 4.69) is 25.8 Å². The molecule has 0 aliphatic heterocycles. The van der Waals surface area contributed by atoms with Crippen LogP contribution >= 0.6 is 0 Å². The summed E-state index contributed by atoms with van der Waals surface area (Å²) in [6, 6.07) is 7.94. The predicted molar refractivity (Wildman–Crippen MR) is 106 cm³/mol. The summed E-state index contributed by atoms with van der Waals surface area (Å²) in [5.41, 5.74) is 1.29. The minimum atomic E-state index is -0.716. The molecule has 7 heteroatoms. The molecule has 0 fully saturated rings. The molecule has 3 aromatic rings. The number of benzene rings is 1. The number of carbonyl (C=O) groups is 1. The number of nitrogens with zero attached hydrogens (tertiary/aromatic N) is 3. The molecule has 0 saturated heterocycles. The van der Waals surface area contributed by atoms with E-state index < -0.39 is 11.8 Å². The lowest BCUT2D eigenvalue weighted by Gasteiger charge is -2.18. The van der Waals surface area contributed by atoms with Crippen LogP contribution in [-0.4, -0.2) is 26.7 Å². The number of carbonyl (C=O) groups excluding carboxylic acids is 1. The second-order valence-electron chi connectivity index (χ2n) is 7.92.